The molecule has 0 saturated carbocycles. The summed E-state index contributed by atoms with van der Waals surface area (Å²) >= 11 is 0. The van der Waals surface area contributed by atoms with Crippen LogP contribution >= 0.6 is 7.82 Å². The molecule has 0 fully saturated rings. The fraction of sp³-hybridized carbons (Fsp3) is 0.842. The molecule has 282 valence electrons. The summed E-state index contributed by atoms with van der Waals surface area (Å²) in [6.07, 6.45) is 34.9. The summed E-state index contributed by atoms with van der Waals surface area (Å²) in [5.74, 6) is -0.842. The lowest BCUT2D eigenvalue weighted by Crippen LogP contribution is -2.29. The number of phosphoric acid groups is 1. The topological polar surface area (TPSA) is 134 Å². The van der Waals surface area contributed by atoms with Gasteiger partial charge in [0.2, 0.25) is 0 Å². The SMILES string of the molecule is CCCC/C=C/C/C=C/CCCCCCCC(=O)OC[C@H](COP(=O)(O)OCCN)OC(=O)CCCCCCCCCCCCCCC. The van der Waals surface area contributed by atoms with E-state index in [0.717, 1.165) is 64.2 Å². The molecule has 0 saturated heterocycles. The van der Waals surface area contributed by atoms with Gasteiger partial charge in [-0.2, -0.15) is 0 Å². The van der Waals surface area contributed by atoms with E-state index >= 15 is 0 Å². The van der Waals surface area contributed by atoms with Crippen molar-refractivity contribution in [1.82, 2.24) is 0 Å². The zero-order valence-corrected chi connectivity index (χ0v) is 31.6. The predicted molar refractivity (Wildman–Crippen MR) is 197 cm³/mol. The van der Waals surface area contributed by atoms with E-state index in [1.165, 1.54) is 77.0 Å². The van der Waals surface area contributed by atoms with E-state index in [-0.39, 0.29) is 32.6 Å². The molecule has 0 aliphatic rings. The maximum absolute atomic E-state index is 12.5. The first kappa shape index (κ1) is 46.5. The monoisotopic (exact) mass is 701 g/mol. The Morgan fingerprint density at radius 3 is 1.65 bits per heavy atom. The second-order valence-corrected chi connectivity index (χ2v) is 14.3. The number of phosphoric ester groups is 1. The predicted octanol–water partition coefficient (Wildman–Crippen LogP) is 10.4. The highest BCUT2D eigenvalue weighted by Crippen LogP contribution is 2.43. The van der Waals surface area contributed by atoms with Gasteiger partial charge in [0.05, 0.1) is 13.2 Å². The Morgan fingerprint density at radius 2 is 1.10 bits per heavy atom. The van der Waals surface area contributed by atoms with Crippen molar-refractivity contribution in [2.45, 2.75) is 180 Å². The molecule has 0 aliphatic heterocycles. The van der Waals surface area contributed by atoms with Crippen molar-refractivity contribution in [2.24, 2.45) is 5.73 Å². The van der Waals surface area contributed by atoms with Crippen molar-refractivity contribution in [3.8, 4) is 0 Å². The van der Waals surface area contributed by atoms with Gasteiger partial charge in [0.1, 0.15) is 6.61 Å². The highest BCUT2D eigenvalue weighted by atomic mass is 31.2. The smallest absolute Gasteiger partial charge is 0.462 e. The Hall–Kier alpha value is -1.51. The van der Waals surface area contributed by atoms with Gasteiger partial charge in [0, 0.05) is 19.4 Å². The largest absolute Gasteiger partial charge is 0.472 e. The molecule has 0 amide bonds. The van der Waals surface area contributed by atoms with Crippen LogP contribution in [0.1, 0.15) is 174 Å². The quantitative estimate of drug-likeness (QED) is 0.0283. The molecule has 3 N–H and O–H groups in total. The van der Waals surface area contributed by atoms with Gasteiger partial charge in [0.15, 0.2) is 6.10 Å². The third-order valence-corrected chi connectivity index (χ3v) is 9.07. The number of allylic oxidation sites excluding steroid dienone is 4. The number of nitrogens with two attached hydrogens (primary N) is 1. The molecule has 0 spiro atoms. The van der Waals surface area contributed by atoms with Gasteiger partial charge in [-0.25, -0.2) is 4.57 Å². The molecule has 10 heteroatoms. The first-order valence-electron chi connectivity index (χ1n) is 19.3. The fourth-order valence-corrected chi connectivity index (χ4v) is 5.94. The number of unbranched alkanes of at least 4 members (excludes halogenated alkanes) is 19. The molecule has 0 aliphatic carbocycles. The highest BCUT2D eigenvalue weighted by molar-refractivity contribution is 7.47. The Morgan fingerprint density at radius 1 is 0.625 bits per heavy atom. The maximum Gasteiger partial charge on any atom is 0.472 e. The van der Waals surface area contributed by atoms with Crippen LogP contribution in [0.5, 0.6) is 0 Å². The first-order chi connectivity index (χ1) is 23.3. The van der Waals surface area contributed by atoms with Crippen molar-refractivity contribution in [3.05, 3.63) is 24.3 Å². The van der Waals surface area contributed by atoms with Crippen LogP contribution < -0.4 is 5.73 Å². The Kier molecular flexibility index (Phi) is 34.2. The zero-order chi connectivity index (χ0) is 35.4. The molecular weight excluding hydrogens is 629 g/mol. The lowest BCUT2D eigenvalue weighted by atomic mass is 10.0. The number of carbonyl (C=O) groups is 2. The minimum absolute atomic E-state index is 0.0528. The van der Waals surface area contributed by atoms with Gasteiger partial charge >= 0.3 is 19.8 Å². The molecule has 0 aromatic carbocycles. The Balaban J connectivity index is 4.23. The number of hydrogen-bond acceptors (Lipinski definition) is 8. The van der Waals surface area contributed by atoms with Crippen LogP contribution in [-0.2, 0) is 32.7 Å². The molecule has 0 bridgehead atoms. The molecule has 0 aromatic heterocycles. The third kappa shape index (κ3) is 34.4. The summed E-state index contributed by atoms with van der Waals surface area (Å²) in [4.78, 5) is 34.7. The van der Waals surface area contributed by atoms with Gasteiger partial charge in [-0.1, -0.05) is 147 Å². The van der Waals surface area contributed by atoms with Crippen LogP contribution in [0, 0.1) is 0 Å². The van der Waals surface area contributed by atoms with E-state index in [1.54, 1.807) is 0 Å². The molecule has 48 heavy (non-hydrogen) atoms. The number of hydrogen-bond donors (Lipinski definition) is 2. The normalized spacial score (nSPS) is 13.7. The van der Waals surface area contributed by atoms with Crippen LogP contribution in [0.4, 0.5) is 0 Å². The second-order valence-electron chi connectivity index (χ2n) is 12.8. The summed E-state index contributed by atoms with van der Waals surface area (Å²) in [5, 5.41) is 0. The van der Waals surface area contributed by atoms with Crippen LogP contribution in [0.3, 0.4) is 0 Å². The zero-order valence-electron chi connectivity index (χ0n) is 30.7. The standard InChI is InChI=1S/C38H72NO8P/c1-3-5-7-9-11-13-15-17-19-20-22-24-26-28-30-37(40)44-34-36(35-46-48(42,43)45-33-32-39)47-38(41)31-29-27-25-23-21-18-16-14-12-10-8-6-4-2/h9,11,15,17,36H,3-8,10,12-14,16,18-35,39H2,1-2H3,(H,42,43)/b11-9+,17-15+/t36-/m1/s1. The van der Waals surface area contributed by atoms with Crippen LogP contribution in [0.25, 0.3) is 0 Å². The van der Waals surface area contributed by atoms with E-state index in [9.17, 15) is 19.0 Å². The van der Waals surface area contributed by atoms with Crippen LogP contribution in [-0.4, -0.2) is 49.3 Å². The molecule has 0 rings (SSSR count). The molecule has 9 nitrogen and oxygen atoms in total. The number of ether oxygens (including phenoxy) is 2. The van der Waals surface area contributed by atoms with Crippen molar-refractivity contribution in [3.63, 3.8) is 0 Å². The third-order valence-electron chi connectivity index (χ3n) is 8.09. The summed E-state index contributed by atoms with van der Waals surface area (Å²) in [6, 6.07) is 0. The highest BCUT2D eigenvalue weighted by Gasteiger charge is 2.25. The van der Waals surface area contributed by atoms with Gasteiger partial charge in [-0.05, 0) is 38.5 Å². The van der Waals surface area contributed by atoms with E-state index in [4.69, 9.17) is 24.3 Å². The summed E-state index contributed by atoms with van der Waals surface area (Å²) in [6.45, 7) is 3.67. The summed E-state index contributed by atoms with van der Waals surface area (Å²) < 4.78 is 32.6. The van der Waals surface area contributed by atoms with Crippen molar-refractivity contribution >= 4 is 19.8 Å². The van der Waals surface area contributed by atoms with E-state index in [1.807, 2.05) is 0 Å². The Labute approximate surface area is 293 Å². The van der Waals surface area contributed by atoms with Gasteiger partial charge in [0.25, 0.3) is 0 Å². The van der Waals surface area contributed by atoms with E-state index in [0.29, 0.717) is 6.42 Å². The van der Waals surface area contributed by atoms with Crippen LogP contribution in [0.15, 0.2) is 24.3 Å². The maximum atomic E-state index is 12.5. The minimum Gasteiger partial charge on any atom is -0.462 e. The first-order valence-corrected chi connectivity index (χ1v) is 20.8. The molecule has 0 heterocycles. The molecule has 0 radical (unpaired) electrons. The molecule has 1 unspecified atom stereocenters. The van der Waals surface area contributed by atoms with Crippen molar-refractivity contribution < 1.29 is 37.6 Å². The molecule has 2 atom stereocenters. The van der Waals surface area contributed by atoms with Gasteiger partial charge in [-0.3, -0.25) is 18.6 Å². The van der Waals surface area contributed by atoms with E-state index in [2.05, 4.69) is 38.2 Å². The van der Waals surface area contributed by atoms with E-state index < -0.39 is 32.5 Å². The van der Waals surface area contributed by atoms with Crippen molar-refractivity contribution in [2.75, 3.05) is 26.4 Å². The van der Waals surface area contributed by atoms with Crippen molar-refractivity contribution in [1.29, 1.82) is 0 Å². The van der Waals surface area contributed by atoms with Gasteiger partial charge < -0.3 is 20.1 Å². The summed E-state index contributed by atoms with van der Waals surface area (Å²) in [5.41, 5.74) is 5.33. The number of carbonyl (C=O) groups excluding carboxylic acids is 2. The Bertz CT molecular complexity index is 851. The van der Waals surface area contributed by atoms with Crippen LogP contribution in [0.2, 0.25) is 0 Å². The molecular formula is C38H72NO8P. The molecule has 0 aromatic rings. The average molecular weight is 702 g/mol. The minimum atomic E-state index is -4.37. The number of esters is 2. The second kappa shape index (κ2) is 35.3. The lowest BCUT2D eigenvalue weighted by Gasteiger charge is -2.19. The fourth-order valence-electron chi connectivity index (χ4n) is 5.18. The summed E-state index contributed by atoms with van der Waals surface area (Å²) in [7, 11) is -4.37. The number of rotatable bonds is 36. The van der Waals surface area contributed by atoms with Gasteiger partial charge in [-0.15, -0.1) is 0 Å². The average Bonchev–Trinajstić information content (AvgIpc) is 3.07. The lowest BCUT2D eigenvalue weighted by molar-refractivity contribution is -0.161.